The molecule has 7 nitrogen and oxygen atoms in total. The van der Waals surface area contributed by atoms with Crippen molar-refractivity contribution < 1.29 is 17.9 Å². The molecule has 0 atom stereocenters. The fourth-order valence-electron chi connectivity index (χ4n) is 4.71. The van der Waals surface area contributed by atoms with Crippen LogP contribution in [0.5, 0.6) is 0 Å². The minimum atomic E-state index is -3.76. The summed E-state index contributed by atoms with van der Waals surface area (Å²) in [5.74, 6) is -0.447. The third-order valence-corrected chi connectivity index (χ3v) is 9.93. The number of rotatable bonds is 7. The van der Waals surface area contributed by atoms with Crippen LogP contribution in [-0.2, 0) is 27.7 Å². The number of anilines is 1. The van der Waals surface area contributed by atoms with E-state index in [4.69, 9.17) is 16.3 Å². The van der Waals surface area contributed by atoms with Crippen molar-refractivity contribution in [2.24, 2.45) is 4.99 Å². The van der Waals surface area contributed by atoms with Crippen molar-refractivity contribution in [3.63, 3.8) is 0 Å². The van der Waals surface area contributed by atoms with Gasteiger partial charge in [0, 0.05) is 30.3 Å². The van der Waals surface area contributed by atoms with Crippen LogP contribution in [0.15, 0.2) is 70.6 Å². The van der Waals surface area contributed by atoms with E-state index >= 15 is 0 Å². The van der Waals surface area contributed by atoms with E-state index in [1.807, 2.05) is 54.8 Å². The third kappa shape index (κ3) is 5.03. The number of thiazole rings is 1. The predicted octanol–water partition coefficient (Wildman–Crippen LogP) is 5.58. The molecule has 10 heteroatoms. The van der Waals surface area contributed by atoms with Crippen molar-refractivity contribution >= 4 is 54.8 Å². The summed E-state index contributed by atoms with van der Waals surface area (Å²) in [7, 11) is -3.76. The summed E-state index contributed by atoms with van der Waals surface area (Å²) in [6, 6.07) is 17.3. The molecule has 1 aliphatic rings. The van der Waals surface area contributed by atoms with Crippen LogP contribution >= 0.6 is 22.9 Å². The van der Waals surface area contributed by atoms with Gasteiger partial charge in [0.15, 0.2) is 4.80 Å². The number of carbonyl (C=O) groups excluding carboxylic acids is 1. The van der Waals surface area contributed by atoms with Crippen molar-refractivity contribution in [2.45, 2.75) is 38.1 Å². The minimum absolute atomic E-state index is 0.143. The maximum Gasteiger partial charge on any atom is 0.279 e. The summed E-state index contributed by atoms with van der Waals surface area (Å²) in [5.41, 5.74) is 3.89. The quantitative estimate of drug-likeness (QED) is 0.272. The number of carbonyl (C=O) groups is 1. The van der Waals surface area contributed by atoms with Gasteiger partial charge in [0.2, 0.25) is 0 Å². The van der Waals surface area contributed by atoms with E-state index in [2.05, 4.69) is 4.99 Å². The molecule has 0 saturated heterocycles. The summed E-state index contributed by atoms with van der Waals surface area (Å²) < 4.78 is 36.8. The Kier molecular flexibility index (Phi) is 7.72. The summed E-state index contributed by atoms with van der Waals surface area (Å²) in [6.07, 6.45) is 1.61. The normalized spacial score (nSPS) is 14.2. The molecule has 0 aliphatic carbocycles. The van der Waals surface area contributed by atoms with Crippen molar-refractivity contribution in [3.05, 3.63) is 87.2 Å². The van der Waals surface area contributed by atoms with Gasteiger partial charge in [0.25, 0.3) is 15.9 Å². The minimum Gasteiger partial charge on any atom is -0.380 e. The molecule has 0 fully saturated rings. The number of para-hydroxylation sites is 1. The van der Waals surface area contributed by atoms with Gasteiger partial charge in [-0.15, -0.1) is 0 Å². The summed E-state index contributed by atoms with van der Waals surface area (Å²) in [4.78, 5) is 18.3. The van der Waals surface area contributed by atoms with Crippen LogP contribution in [0.4, 0.5) is 5.69 Å². The molecule has 1 amide bonds. The first kappa shape index (κ1) is 26.6. The number of ether oxygens (including phenoxy) is 1. The maximum atomic E-state index is 13.4. The molecule has 0 unspecified atom stereocenters. The smallest absolute Gasteiger partial charge is 0.279 e. The highest BCUT2D eigenvalue weighted by atomic mass is 35.5. The molecule has 4 aromatic rings. The SMILES string of the molecule is CCOCCn1c(=NC(=O)c2ccc(S(=O)(=O)N3CCCc4ccccc43)cc2)sc2ccc(Cl)c(C)c21. The Morgan fingerprint density at radius 1 is 1.11 bits per heavy atom. The van der Waals surface area contributed by atoms with Gasteiger partial charge in [0.1, 0.15) is 0 Å². The Hall–Kier alpha value is -2.98. The molecule has 0 radical (unpaired) electrons. The fraction of sp³-hybridized carbons (Fsp3) is 0.286. The molecule has 2 heterocycles. The van der Waals surface area contributed by atoms with Gasteiger partial charge in [-0.25, -0.2) is 8.42 Å². The number of benzene rings is 3. The zero-order valence-electron chi connectivity index (χ0n) is 21.2. The molecular formula is C28H28ClN3O4S2. The number of aromatic nitrogens is 1. The van der Waals surface area contributed by atoms with Crippen LogP contribution in [0, 0.1) is 6.92 Å². The molecule has 3 aromatic carbocycles. The highest BCUT2D eigenvalue weighted by Gasteiger charge is 2.29. The third-order valence-electron chi connectivity index (χ3n) is 6.65. The van der Waals surface area contributed by atoms with E-state index < -0.39 is 15.9 Å². The number of hydrogen-bond acceptors (Lipinski definition) is 5. The number of halogens is 1. The summed E-state index contributed by atoms with van der Waals surface area (Å²) in [6.45, 7) is 5.89. The number of amides is 1. The van der Waals surface area contributed by atoms with Gasteiger partial charge < -0.3 is 9.30 Å². The molecule has 0 spiro atoms. The van der Waals surface area contributed by atoms with Crippen molar-refractivity contribution in [2.75, 3.05) is 24.1 Å². The van der Waals surface area contributed by atoms with E-state index in [0.717, 1.165) is 34.2 Å². The van der Waals surface area contributed by atoms with Gasteiger partial charge in [-0.05, 0) is 80.3 Å². The van der Waals surface area contributed by atoms with Crippen LogP contribution in [0.3, 0.4) is 0 Å². The Balaban J connectivity index is 1.47. The first-order chi connectivity index (χ1) is 18.3. The lowest BCUT2D eigenvalue weighted by Gasteiger charge is -2.30. The lowest BCUT2D eigenvalue weighted by molar-refractivity contribution is 0.0996. The molecular weight excluding hydrogens is 542 g/mol. The molecule has 0 bridgehead atoms. The number of hydrogen-bond donors (Lipinski definition) is 0. The number of fused-ring (bicyclic) bond motifs is 2. The molecule has 0 N–H and O–H groups in total. The lowest BCUT2D eigenvalue weighted by atomic mass is 10.0. The topological polar surface area (TPSA) is 81.0 Å². The van der Waals surface area contributed by atoms with Crippen molar-refractivity contribution in [1.82, 2.24) is 4.57 Å². The second-order valence-electron chi connectivity index (χ2n) is 9.00. The molecule has 1 aromatic heterocycles. The fourth-order valence-corrected chi connectivity index (χ4v) is 7.51. The van der Waals surface area contributed by atoms with Crippen molar-refractivity contribution in [3.8, 4) is 0 Å². The monoisotopic (exact) mass is 569 g/mol. The van der Waals surface area contributed by atoms with Crippen molar-refractivity contribution in [1.29, 1.82) is 0 Å². The second kappa shape index (κ2) is 11.0. The standard InChI is InChI=1S/C28H28ClN3O4S2/c1-3-36-18-17-31-26-19(2)23(29)14-15-25(26)37-28(31)30-27(33)21-10-12-22(13-11-21)38(34,35)32-16-6-8-20-7-4-5-9-24(20)32/h4-5,7,9-15H,3,6,8,16-18H2,1-2H3. The average molecular weight is 570 g/mol. The predicted molar refractivity (Wildman–Crippen MR) is 152 cm³/mol. The van der Waals surface area contributed by atoms with Crippen LogP contribution in [-0.4, -0.2) is 38.7 Å². The summed E-state index contributed by atoms with van der Waals surface area (Å²) in [5, 5.41) is 0.645. The van der Waals surface area contributed by atoms with E-state index in [9.17, 15) is 13.2 Å². The van der Waals surface area contributed by atoms with E-state index in [-0.39, 0.29) is 4.90 Å². The number of sulfonamides is 1. The highest BCUT2D eigenvalue weighted by molar-refractivity contribution is 7.92. The molecule has 198 valence electrons. The Morgan fingerprint density at radius 3 is 2.63 bits per heavy atom. The second-order valence-corrected chi connectivity index (χ2v) is 12.3. The van der Waals surface area contributed by atoms with Crippen LogP contribution in [0.1, 0.15) is 34.8 Å². The first-order valence-electron chi connectivity index (χ1n) is 12.5. The first-order valence-corrected chi connectivity index (χ1v) is 15.1. The van der Waals surface area contributed by atoms with Crippen LogP contribution < -0.4 is 9.11 Å². The number of nitrogens with zero attached hydrogens (tertiary/aromatic N) is 3. The lowest BCUT2D eigenvalue weighted by Crippen LogP contribution is -2.35. The molecule has 0 saturated carbocycles. The number of aryl methyl sites for hydroxylation is 2. The molecule has 5 rings (SSSR count). The van der Waals surface area contributed by atoms with E-state index in [1.54, 1.807) is 0 Å². The Morgan fingerprint density at radius 2 is 1.87 bits per heavy atom. The average Bonchev–Trinajstić information content (AvgIpc) is 3.28. The van der Waals surface area contributed by atoms with Crippen LogP contribution in [0.25, 0.3) is 10.2 Å². The largest absolute Gasteiger partial charge is 0.380 e. The zero-order chi connectivity index (χ0) is 26.9. The Bertz CT molecular complexity index is 1670. The van der Waals surface area contributed by atoms with Gasteiger partial charge in [-0.3, -0.25) is 9.10 Å². The van der Waals surface area contributed by atoms with E-state index in [0.29, 0.717) is 47.4 Å². The summed E-state index contributed by atoms with van der Waals surface area (Å²) >= 11 is 7.78. The van der Waals surface area contributed by atoms with Gasteiger partial charge in [-0.1, -0.05) is 41.1 Å². The van der Waals surface area contributed by atoms with Crippen LogP contribution in [0.2, 0.25) is 5.02 Å². The Labute approximate surface area is 231 Å². The van der Waals surface area contributed by atoms with E-state index in [1.165, 1.54) is 39.9 Å². The van der Waals surface area contributed by atoms with Gasteiger partial charge in [-0.2, -0.15) is 4.99 Å². The molecule has 1 aliphatic heterocycles. The van der Waals surface area contributed by atoms with Gasteiger partial charge >= 0.3 is 0 Å². The maximum absolute atomic E-state index is 13.4. The zero-order valence-corrected chi connectivity index (χ0v) is 23.6. The molecule has 38 heavy (non-hydrogen) atoms. The van der Waals surface area contributed by atoms with Gasteiger partial charge in [0.05, 0.1) is 27.4 Å². The highest BCUT2D eigenvalue weighted by Crippen LogP contribution is 2.32.